The van der Waals surface area contributed by atoms with Crippen LogP contribution in [0.15, 0.2) is 0 Å². The summed E-state index contributed by atoms with van der Waals surface area (Å²) in [6.45, 7) is 3.52. The number of anilines is 1. The molecule has 6 heteroatoms. The van der Waals surface area contributed by atoms with Gasteiger partial charge in [-0.3, -0.25) is 4.79 Å². The lowest BCUT2D eigenvalue weighted by molar-refractivity contribution is -0.299. The monoisotopic (exact) mass is 223 g/mol. The van der Waals surface area contributed by atoms with Crippen molar-refractivity contribution in [2.75, 3.05) is 5.32 Å². The van der Waals surface area contributed by atoms with E-state index in [4.69, 9.17) is 5.26 Å². The molecule has 0 saturated carbocycles. The van der Waals surface area contributed by atoms with E-state index in [-0.39, 0.29) is 5.00 Å². The molecule has 1 N–H and O–H groups in total. The molecule has 1 heterocycles. The number of nitrogens with zero attached hydrogens (tertiary/aromatic N) is 1. The van der Waals surface area contributed by atoms with Crippen molar-refractivity contribution in [3.63, 3.8) is 0 Å². The van der Waals surface area contributed by atoms with Crippen LogP contribution in [-0.4, -0.2) is 11.9 Å². The molecule has 0 unspecified atom stereocenters. The van der Waals surface area contributed by atoms with Crippen LogP contribution in [0.25, 0.3) is 0 Å². The Hall–Kier alpha value is -1.87. The first kappa shape index (κ1) is 11.2. The van der Waals surface area contributed by atoms with Crippen LogP contribution in [0.3, 0.4) is 0 Å². The van der Waals surface area contributed by atoms with Gasteiger partial charge in [0.1, 0.15) is 17.0 Å². The second-order valence-electron chi connectivity index (χ2n) is 2.84. The normalized spacial score (nSPS) is 9.40. The average Bonchev–Trinajstić information content (AvgIpc) is 2.42. The van der Waals surface area contributed by atoms with E-state index in [2.05, 4.69) is 5.32 Å². The summed E-state index contributed by atoms with van der Waals surface area (Å²) in [6.07, 6.45) is 0. The van der Waals surface area contributed by atoms with E-state index in [1.54, 1.807) is 13.8 Å². The third-order valence-electron chi connectivity index (χ3n) is 1.91. The molecule has 0 fully saturated rings. The molecule has 0 bridgehead atoms. The Morgan fingerprint density at radius 3 is 2.53 bits per heavy atom. The Bertz CT molecular complexity index is 470. The lowest BCUT2D eigenvalue weighted by atomic mass is 10.2. The maximum atomic E-state index is 10.8. The van der Waals surface area contributed by atoms with Crippen LogP contribution in [0, 0.1) is 25.2 Å². The molecule has 0 saturated heterocycles. The van der Waals surface area contributed by atoms with Crippen molar-refractivity contribution in [3.8, 4) is 6.07 Å². The highest BCUT2D eigenvalue weighted by molar-refractivity contribution is 7.16. The number of aryl methyl sites for hydroxylation is 1. The first-order valence-corrected chi connectivity index (χ1v) is 4.81. The topological polar surface area (TPSA) is 93.0 Å². The number of thiophene rings is 1. The molecule has 15 heavy (non-hydrogen) atoms. The smallest absolute Gasteiger partial charge is 0.271 e. The van der Waals surface area contributed by atoms with E-state index in [0.717, 1.165) is 10.4 Å². The van der Waals surface area contributed by atoms with Gasteiger partial charge in [-0.1, -0.05) is 0 Å². The zero-order valence-electron chi connectivity index (χ0n) is 8.08. The Balaban J connectivity index is 3.07. The molecule has 0 aliphatic rings. The summed E-state index contributed by atoms with van der Waals surface area (Å²) in [6, 6.07) is 1.91. The van der Waals surface area contributed by atoms with Crippen LogP contribution in [0.1, 0.15) is 16.0 Å². The van der Waals surface area contributed by atoms with Gasteiger partial charge >= 0.3 is 0 Å². The standard InChI is InChI=1S/C9H8N2O3S/c1-4-5(2)15-8(6(4)3-10)11-7(12)9(13)14/h1-2H3,(H,11,12)(H,13,14)/p-1. The van der Waals surface area contributed by atoms with E-state index in [0.29, 0.717) is 5.56 Å². The van der Waals surface area contributed by atoms with Crippen molar-refractivity contribution < 1.29 is 14.7 Å². The van der Waals surface area contributed by atoms with Gasteiger partial charge in [-0.15, -0.1) is 11.3 Å². The van der Waals surface area contributed by atoms with Gasteiger partial charge in [-0.05, 0) is 19.4 Å². The number of hydrogen-bond acceptors (Lipinski definition) is 5. The lowest BCUT2D eigenvalue weighted by Gasteiger charge is -2.02. The predicted molar refractivity (Wildman–Crippen MR) is 52.1 cm³/mol. The molecule has 1 aromatic rings. The zero-order chi connectivity index (χ0) is 11.6. The fraction of sp³-hybridized carbons (Fsp3) is 0.222. The van der Waals surface area contributed by atoms with Crippen LogP contribution in [-0.2, 0) is 9.59 Å². The van der Waals surface area contributed by atoms with Crippen LogP contribution in [0.4, 0.5) is 5.00 Å². The first-order valence-electron chi connectivity index (χ1n) is 3.99. The summed E-state index contributed by atoms with van der Waals surface area (Å²) in [4.78, 5) is 21.9. The molecule has 0 aliphatic heterocycles. The third kappa shape index (κ3) is 2.14. The van der Waals surface area contributed by atoms with Crippen LogP contribution >= 0.6 is 11.3 Å². The number of nitrogens with one attached hydrogen (secondary N) is 1. The van der Waals surface area contributed by atoms with Crippen LogP contribution in [0.2, 0.25) is 0 Å². The highest BCUT2D eigenvalue weighted by Crippen LogP contribution is 2.31. The van der Waals surface area contributed by atoms with Crippen molar-refractivity contribution in [2.45, 2.75) is 13.8 Å². The molecule has 1 amide bonds. The molecule has 0 radical (unpaired) electrons. The molecular formula is C9H7N2O3S-. The minimum Gasteiger partial charge on any atom is -0.540 e. The van der Waals surface area contributed by atoms with E-state index in [1.807, 2.05) is 6.07 Å². The molecule has 0 aromatic carbocycles. The van der Waals surface area contributed by atoms with Crippen molar-refractivity contribution in [1.29, 1.82) is 5.26 Å². The minimum atomic E-state index is -1.82. The minimum absolute atomic E-state index is 0.252. The highest BCUT2D eigenvalue weighted by Gasteiger charge is 2.14. The van der Waals surface area contributed by atoms with Gasteiger partial charge in [0, 0.05) is 4.88 Å². The molecule has 1 rings (SSSR count). The largest absolute Gasteiger partial charge is 0.540 e. The molecular weight excluding hydrogens is 216 g/mol. The summed E-state index contributed by atoms with van der Waals surface area (Å²) in [5.41, 5.74) is 1.04. The molecule has 0 atom stereocenters. The number of carboxylic acids is 1. The molecule has 1 aromatic heterocycles. The molecule has 78 valence electrons. The van der Waals surface area contributed by atoms with E-state index in [9.17, 15) is 14.7 Å². The number of hydrogen-bond donors (Lipinski definition) is 1. The first-order chi connectivity index (χ1) is 6.97. The van der Waals surface area contributed by atoms with Crippen LogP contribution < -0.4 is 10.4 Å². The number of rotatable bonds is 1. The van der Waals surface area contributed by atoms with Gasteiger partial charge < -0.3 is 15.2 Å². The number of aliphatic carboxylic acids is 1. The maximum absolute atomic E-state index is 10.8. The van der Waals surface area contributed by atoms with Gasteiger partial charge in [0.15, 0.2) is 0 Å². The van der Waals surface area contributed by atoms with Crippen molar-refractivity contribution in [3.05, 3.63) is 16.0 Å². The number of nitriles is 1. The summed E-state index contributed by atoms with van der Waals surface area (Å²) in [5.74, 6) is -3.06. The van der Waals surface area contributed by atoms with Gasteiger partial charge in [-0.25, -0.2) is 0 Å². The highest BCUT2D eigenvalue weighted by atomic mass is 32.1. The van der Waals surface area contributed by atoms with E-state index in [1.165, 1.54) is 11.3 Å². The van der Waals surface area contributed by atoms with Gasteiger partial charge in [-0.2, -0.15) is 5.26 Å². The Morgan fingerprint density at radius 2 is 2.07 bits per heavy atom. The molecule has 0 aliphatic carbocycles. The fourth-order valence-corrected chi connectivity index (χ4v) is 2.01. The number of amides is 1. The summed E-state index contributed by atoms with van der Waals surface area (Å²) in [7, 11) is 0. The maximum Gasteiger partial charge on any atom is 0.271 e. The number of carbonyl (C=O) groups excluding carboxylic acids is 2. The number of carboxylic acid groups (broad SMARTS) is 1. The zero-order valence-corrected chi connectivity index (χ0v) is 8.90. The SMILES string of the molecule is Cc1sc(NC(=O)C(=O)[O-])c(C#N)c1C. The average molecular weight is 223 g/mol. The van der Waals surface area contributed by atoms with Crippen molar-refractivity contribution in [2.24, 2.45) is 0 Å². The van der Waals surface area contributed by atoms with Crippen molar-refractivity contribution >= 4 is 28.2 Å². The van der Waals surface area contributed by atoms with Gasteiger partial charge in [0.25, 0.3) is 5.91 Å². The number of carbonyl (C=O) groups is 2. The van der Waals surface area contributed by atoms with Gasteiger partial charge in [0.05, 0.1) is 5.56 Å². The summed E-state index contributed by atoms with van der Waals surface area (Å²) >= 11 is 1.17. The molecule has 5 nitrogen and oxygen atoms in total. The quantitative estimate of drug-likeness (QED) is 0.674. The lowest BCUT2D eigenvalue weighted by Crippen LogP contribution is -2.36. The Morgan fingerprint density at radius 1 is 1.47 bits per heavy atom. The van der Waals surface area contributed by atoms with Crippen LogP contribution in [0.5, 0.6) is 0 Å². The third-order valence-corrected chi connectivity index (χ3v) is 3.03. The molecule has 0 spiro atoms. The van der Waals surface area contributed by atoms with Crippen molar-refractivity contribution in [1.82, 2.24) is 0 Å². The fourth-order valence-electron chi connectivity index (χ4n) is 1.00. The van der Waals surface area contributed by atoms with E-state index >= 15 is 0 Å². The summed E-state index contributed by atoms with van der Waals surface area (Å²) < 4.78 is 0. The second-order valence-corrected chi connectivity index (χ2v) is 4.07. The Kier molecular flexibility index (Phi) is 3.07. The van der Waals surface area contributed by atoms with E-state index < -0.39 is 11.9 Å². The second kappa shape index (κ2) is 4.11. The Labute approximate surface area is 90.0 Å². The van der Waals surface area contributed by atoms with Gasteiger partial charge in [0.2, 0.25) is 0 Å². The summed E-state index contributed by atoms with van der Waals surface area (Å²) in [5, 5.41) is 21.4. The predicted octanol–water partition coefficient (Wildman–Crippen LogP) is -0.0750.